The summed E-state index contributed by atoms with van der Waals surface area (Å²) >= 11 is 6.92. The maximum absolute atomic E-state index is 11.4. The Morgan fingerprint density at radius 2 is 1.67 bits per heavy atom. The van der Waals surface area contributed by atoms with Crippen LogP contribution in [0.5, 0.6) is 17.2 Å². The second-order valence-corrected chi connectivity index (χ2v) is 15.5. The highest BCUT2D eigenvalue weighted by Crippen LogP contribution is 2.37. The van der Waals surface area contributed by atoms with Gasteiger partial charge in [-0.05, 0) is 92.1 Å². The van der Waals surface area contributed by atoms with Crippen LogP contribution in [0.2, 0.25) is 5.02 Å². The van der Waals surface area contributed by atoms with Crippen molar-refractivity contribution < 1.29 is 19.0 Å². The van der Waals surface area contributed by atoms with Crippen LogP contribution in [-0.4, -0.2) is 71.9 Å². The molecular weight excluding hydrogens is 754 g/mol. The lowest BCUT2D eigenvalue weighted by Crippen LogP contribution is -2.44. The summed E-state index contributed by atoms with van der Waals surface area (Å²) in [6.07, 6.45) is 6.97. The van der Waals surface area contributed by atoms with E-state index in [1.807, 2.05) is 24.3 Å². The first-order valence-corrected chi connectivity index (χ1v) is 20.2. The van der Waals surface area contributed by atoms with Crippen LogP contribution in [0, 0.1) is 31.1 Å². The minimum Gasteiger partial charge on any atom is -0.493 e. The van der Waals surface area contributed by atoms with Crippen molar-refractivity contribution in [3.05, 3.63) is 105 Å². The molecule has 306 valence electrons. The summed E-state index contributed by atoms with van der Waals surface area (Å²) in [7, 11) is 0. The van der Waals surface area contributed by atoms with Crippen LogP contribution in [0.25, 0.3) is 11.1 Å². The molecule has 1 atom stereocenters. The van der Waals surface area contributed by atoms with Gasteiger partial charge in [-0.1, -0.05) is 41.9 Å². The number of rotatable bonds is 16. The number of aromatic nitrogens is 1. The van der Waals surface area contributed by atoms with Crippen molar-refractivity contribution in [3.63, 3.8) is 0 Å². The molecule has 1 aromatic heterocycles. The number of nitriles is 1. The fourth-order valence-corrected chi connectivity index (χ4v) is 8.08. The number of nitrogens with one attached hydrogen (secondary N) is 2. The summed E-state index contributed by atoms with van der Waals surface area (Å²) in [5.74, 6) is 13.9. The van der Waals surface area contributed by atoms with Crippen LogP contribution >= 0.6 is 11.6 Å². The van der Waals surface area contributed by atoms with Gasteiger partial charge in [-0.3, -0.25) is 14.7 Å². The Kier molecular flexibility index (Phi) is 14.8. The first-order chi connectivity index (χ1) is 28.1. The van der Waals surface area contributed by atoms with Gasteiger partial charge in [-0.15, -0.1) is 0 Å². The number of hydrazone groups is 1. The number of amides is 1. The molecule has 6 N–H and O–H groups in total. The van der Waals surface area contributed by atoms with Crippen LogP contribution < -0.4 is 36.6 Å². The first kappa shape index (κ1) is 42.2. The van der Waals surface area contributed by atoms with Crippen molar-refractivity contribution in [2.45, 2.75) is 72.3 Å². The zero-order chi connectivity index (χ0) is 41.0. The Morgan fingerprint density at radius 3 is 2.41 bits per heavy atom. The van der Waals surface area contributed by atoms with Crippen molar-refractivity contribution >= 4 is 23.3 Å². The predicted molar refractivity (Wildman–Crippen MR) is 226 cm³/mol. The van der Waals surface area contributed by atoms with Gasteiger partial charge in [0.2, 0.25) is 5.91 Å². The average molecular weight is 808 g/mol. The fraction of sp³-hybridized carbons (Fsp3) is 0.409. The average Bonchev–Trinajstić information content (AvgIpc) is 3.68. The summed E-state index contributed by atoms with van der Waals surface area (Å²) in [5, 5.41) is 16.7. The molecule has 6 rings (SSSR count). The van der Waals surface area contributed by atoms with Crippen molar-refractivity contribution in [1.82, 2.24) is 25.5 Å². The minimum atomic E-state index is 0.0470. The summed E-state index contributed by atoms with van der Waals surface area (Å²) in [6.45, 7) is 12.0. The number of ether oxygens (including phenoxy) is 3. The monoisotopic (exact) mass is 807 g/mol. The van der Waals surface area contributed by atoms with E-state index in [-0.39, 0.29) is 24.5 Å². The SMILES string of the molecule is CC(=O)NC1CCN(CCCOc2cccc(-c3cccc(COc4cc(OCc5cncc(C#N)c5)c(CN5CCC(/C(=N/N)NN)C5)cc4Cl)c3C)c2C)CC1. The molecule has 0 spiro atoms. The smallest absolute Gasteiger partial charge is 0.217 e. The number of halogens is 1. The van der Waals surface area contributed by atoms with E-state index in [0.717, 1.165) is 103 Å². The van der Waals surface area contributed by atoms with Crippen molar-refractivity contribution in [1.29, 1.82) is 5.26 Å². The van der Waals surface area contributed by atoms with Crippen molar-refractivity contribution in [3.8, 4) is 34.4 Å². The van der Waals surface area contributed by atoms with Crippen LogP contribution in [0.15, 0.2) is 72.1 Å². The molecule has 3 aromatic carbocycles. The number of nitrogens with zero attached hydrogens (tertiary/aromatic N) is 5. The molecule has 3 heterocycles. The second-order valence-electron chi connectivity index (χ2n) is 15.1. The lowest BCUT2D eigenvalue weighted by Gasteiger charge is -2.32. The third-order valence-electron chi connectivity index (χ3n) is 11.0. The Hall–Kier alpha value is -5.39. The molecule has 2 aliphatic rings. The van der Waals surface area contributed by atoms with E-state index < -0.39 is 0 Å². The van der Waals surface area contributed by atoms with E-state index in [9.17, 15) is 10.1 Å². The van der Waals surface area contributed by atoms with E-state index in [2.05, 4.69) is 74.8 Å². The summed E-state index contributed by atoms with van der Waals surface area (Å²) in [5.41, 5.74) is 10.2. The van der Waals surface area contributed by atoms with Crippen molar-refractivity contribution in [2.75, 3.05) is 39.3 Å². The highest BCUT2D eigenvalue weighted by molar-refractivity contribution is 6.32. The molecule has 14 heteroatoms. The Balaban J connectivity index is 1.12. The number of hydrazine groups is 1. The highest BCUT2D eigenvalue weighted by atomic mass is 35.5. The number of carbonyl (C=O) groups is 1. The zero-order valence-electron chi connectivity index (χ0n) is 33.6. The van der Waals surface area contributed by atoms with E-state index in [1.165, 1.54) is 6.20 Å². The second kappa shape index (κ2) is 20.3. The van der Waals surface area contributed by atoms with Crippen LogP contribution in [0.1, 0.15) is 66.0 Å². The van der Waals surface area contributed by atoms with Gasteiger partial charge in [-0.25, -0.2) is 5.84 Å². The molecule has 13 nitrogen and oxygen atoms in total. The standard InChI is InChI=1S/C44H54ClN9O4/c1-29-35(7-4-8-38(29)39-9-5-10-41(30(39)2)56-18-6-14-53-16-12-37(13-17-53)50-31(3)55)28-58-43-21-42(57-27-33-19-32(22-46)23-49-24-33)36(20-40(43)45)26-54-15-11-34(25-54)44(51-47)52-48/h4-5,7-10,19-21,23-24,34,37H,6,11-18,25-28,47-48H2,1-3H3,(H,50,55)(H,51,52). The van der Waals surface area contributed by atoms with Gasteiger partial charge in [0.25, 0.3) is 0 Å². The number of likely N-dealkylation sites (tertiary alicyclic amines) is 2. The van der Waals surface area contributed by atoms with E-state index in [4.69, 9.17) is 37.5 Å². The molecule has 0 saturated carbocycles. The quantitative estimate of drug-likeness (QED) is 0.0345. The molecule has 1 unspecified atom stereocenters. The molecule has 2 saturated heterocycles. The van der Waals surface area contributed by atoms with E-state index >= 15 is 0 Å². The molecule has 0 aliphatic carbocycles. The van der Waals surface area contributed by atoms with Gasteiger partial charge in [0, 0.05) is 81.2 Å². The number of hydrogen-bond acceptors (Lipinski definition) is 11. The van der Waals surface area contributed by atoms with E-state index in [0.29, 0.717) is 47.7 Å². The molecule has 58 heavy (non-hydrogen) atoms. The van der Waals surface area contributed by atoms with Gasteiger partial charge in [0.15, 0.2) is 0 Å². The summed E-state index contributed by atoms with van der Waals surface area (Å²) in [4.78, 5) is 20.3. The number of benzene rings is 3. The van der Waals surface area contributed by atoms with Gasteiger partial charge in [0.05, 0.1) is 17.2 Å². The van der Waals surface area contributed by atoms with Gasteiger partial charge < -0.3 is 35.7 Å². The molecule has 1 amide bonds. The molecule has 0 radical (unpaired) electrons. The lowest BCUT2D eigenvalue weighted by molar-refractivity contribution is -0.119. The number of nitrogens with two attached hydrogens (primary N) is 2. The van der Waals surface area contributed by atoms with Gasteiger partial charge in [-0.2, -0.15) is 10.4 Å². The molecule has 0 bridgehead atoms. The molecule has 4 aromatic rings. The Labute approximate surface area is 346 Å². The number of amidine groups is 1. The lowest BCUT2D eigenvalue weighted by atomic mass is 9.93. The van der Waals surface area contributed by atoms with E-state index in [1.54, 1.807) is 19.2 Å². The minimum absolute atomic E-state index is 0.0470. The Morgan fingerprint density at radius 1 is 0.931 bits per heavy atom. The number of carbonyl (C=O) groups excluding carboxylic acids is 1. The molecule has 2 aliphatic heterocycles. The molecule has 2 fully saturated rings. The van der Waals surface area contributed by atoms with Crippen LogP contribution in [-0.2, 0) is 24.6 Å². The number of piperidine rings is 1. The van der Waals surface area contributed by atoms with Gasteiger partial charge >= 0.3 is 0 Å². The Bertz CT molecular complexity index is 2120. The first-order valence-electron chi connectivity index (χ1n) is 19.8. The van der Waals surface area contributed by atoms with Gasteiger partial charge in [0.1, 0.15) is 42.4 Å². The highest BCUT2D eigenvalue weighted by Gasteiger charge is 2.28. The maximum Gasteiger partial charge on any atom is 0.217 e. The summed E-state index contributed by atoms with van der Waals surface area (Å²) < 4.78 is 19.2. The van der Waals surface area contributed by atoms with Crippen LogP contribution in [0.4, 0.5) is 0 Å². The normalized spacial score (nSPS) is 16.5. The van der Waals surface area contributed by atoms with Crippen molar-refractivity contribution in [2.24, 2.45) is 22.7 Å². The number of pyridine rings is 1. The fourth-order valence-electron chi connectivity index (χ4n) is 7.84. The van der Waals surface area contributed by atoms with Crippen LogP contribution in [0.3, 0.4) is 0 Å². The third kappa shape index (κ3) is 11.0. The summed E-state index contributed by atoms with van der Waals surface area (Å²) in [6, 6.07) is 20.4. The maximum atomic E-state index is 11.4. The predicted octanol–water partition coefficient (Wildman–Crippen LogP) is 5.98. The third-order valence-corrected chi connectivity index (χ3v) is 11.3. The largest absolute Gasteiger partial charge is 0.493 e. The number of hydrogen-bond donors (Lipinski definition) is 4. The molecular formula is C44H54ClN9O4. The zero-order valence-corrected chi connectivity index (χ0v) is 34.4. The topological polar surface area (TPSA) is 176 Å².